The Hall–Kier alpha value is -1.68. The first-order chi connectivity index (χ1) is 17.1. The third-order valence-electron chi connectivity index (χ3n) is 11.9. The van der Waals surface area contributed by atoms with E-state index in [2.05, 4.69) is 37.9 Å². The molecule has 6 heteroatoms. The summed E-state index contributed by atoms with van der Waals surface area (Å²) < 4.78 is 28.4. The molecule has 1 aliphatic heterocycles. The molecule has 1 spiro atoms. The second kappa shape index (κ2) is 8.41. The van der Waals surface area contributed by atoms with E-state index in [0.29, 0.717) is 11.0 Å². The Morgan fingerprint density at radius 2 is 1.78 bits per heavy atom. The van der Waals surface area contributed by atoms with Gasteiger partial charge in [-0.2, -0.15) is 9.57 Å². The van der Waals surface area contributed by atoms with Crippen LogP contribution in [-0.2, 0) is 10.0 Å². The molecule has 1 saturated heterocycles. The van der Waals surface area contributed by atoms with Gasteiger partial charge in [-0.15, -0.1) is 0 Å². The summed E-state index contributed by atoms with van der Waals surface area (Å²) in [5.74, 6) is 3.28. The highest BCUT2D eigenvalue weighted by Crippen LogP contribution is 2.68. The fourth-order valence-corrected chi connectivity index (χ4v) is 11.2. The molecule has 0 radical (unpaired) electrons. The van der Waals surface area contributed by atoms with Gasteiger partial charge in [0.15, 0.2) is 0 Å². The molecule has 1 aromatic rings. The number of nitriles is 1. The Balaban J connectivity index is 1.23. The lowest BCUT2D eigenvalue weighted by molar-refractivity contribution is -0.0419. The number of allylic oxidation sites excluding steroid dienone is 1. The van der Waals surface area contributed by atoms with Crippen molar-refractivity contribution in [1.29, 1.82) is 5.26 Å². The van der Waals surface area contributed by atoms with Gasteiger partial charge in [0.25, 0.3) is 0 Å². The minimum Gasteiger partial charge on any atom is -0.303 e. The zero-order valence-corrected chi connectivity index (χ0v) is 23.1. The van der Waals surface area contributed by atoms with E-state index in [4.69, 9.17) is 5.26 Å². The van der Waals surface area contributed by atoms with Crippen LogP contribution < -0.4 is 0 Å². The van der Waals surface area contributed by atoms with Crippen molar-refractivity contribution in [1.82, 2.24) is 9.21 Å². The van der Waals surface area contributed by atoms with Crippen molar-refractivity contribution in [3.63, 3.8) is 0 Å². The Morgan fingerprint density at radius 1 is 1.06 bits per heavy atom. The zero-order valence-electron chi connectivity index (χ0n) is 22.3. The number of likely N-dealkylation sites (tertiary alicyclic amines) is 1. The second-order valence-corrected chi connectivity index (χ2v) is 14.9. The van der Waals surface area contributed by atoms with Gasteiger partial charge in [-0.3, -0.25) is 0 Å². The standard InChI is InChI=1S/C30H41N3O2S/c1-20-26-11-12-28-25-10-7-22-17-23(33(4)36(34,35)24-8-5-21(18-31)6-9-24)13-15-29(22,2)27(25)14-16-30(26,28)19-32(20)3/h5-9,20,23,25-28H,10-17,19H2,1-4H3. The Kier molecular flexibility index (Phi) is 5.76. The first-order valence-electron chi connectivity index (χ1n) is 14.0. The molecule has 0 amide bonds. The molecule has 5 nitrogen and oxygen atoms in total. The number of nitrogens with zero attached hydrogens (tertiary/aromatic N) is 3. The molecule has 6 rings (SSSR count). The smallest absolute Gasteiger partial charge is 0.243 e. The highest BCUT2D eigenvalue weighted by molar-refractivity contribution is 7.89. The summed E-state index contributed by atoms with van der Waals surface area (Å²) in [5.41, 5.74) is 2.76. The van der Waals surface area contributed by atoms with Crippen LogP contribution in [0.25, 0.3) is 0 Å². The summed E-state index contributed by atoms with van der Waals surface area (Å²) in [6, 6.07) is 9.10. The molecule has 0 N–H and O–H groups in total. The first-order valence-corrected chi connectivity index (χ1v) is 15.4. The predicted molar refractivity (Wildman–Crippen MR) is 142 cm³/mol. The molecule has 4 fully saturated rings. The van der Waals surface area contributed by atoms with Gasteiger partial charge in [0.1, 0.15) is 0 Å². The summed E-state index contributed by atoms with van der Waals surface area (Å²) in [6.07, 6.45) is 12.1. The van der Waals surface area contributed by atoms with Crippen molar-refractivity contribution < 1.29 is 8.42 Å². The van der Waals surface area contributed by atoms with Gasteiger partial charge in [0.2, 0.25) is 10.0 Å². The van der Waals surface area contributed by atoms with Crippen LogP contribution >= 0.6 is 0 Å². The summed E-state index contributed by atoms with van der Waals surface area (Å²) in [4.78, 5) is 2.91. The van der Waals surface area contributed by atoms with Gasteiger partial charge in [-0.05, 0) is 124 Å². The van der Waals surface area contributed by atoms with Crippen LogP contribution in [0.2, 0.25) is 0 Å². The average molecular weight is 508 g/mol. The molecule has 194 valence electrons. The lowest BCUT2D eigenvalue weighted by Gasteiger charge is -2.58. The van der Waals surface area contributed by atoms with Crippen molar-refractivity contribution in [2.75, 3.05) is 20.6 Å². The van der Waals surface area contributed by atoms with E-state index < -0.39 is 10.0 Å². The quantitative estimate of drug-likeness (QED) is 0.511. The summed E-state index contributed by atoms with van der Waals surface area (Å²) in [7, 11) is 0.497. The number of sulfonamides is 1. The van der Waals surface area contributed by atoms with Gasteiger partial charge in [0, 0.05) is 25.7 Å². The maximum absolute atomic E-state index is 13.4. The molecular weight excluding hydrogens is 466 g/mol. The second-order valence-electron chi connectivity index (χ2n) is 12.9. The normalized spacial score (nSPS) is 42.2. The fraction of sp³-hybridized carbons (Fsp3) is 0.700. The highest BCUT2D eigenvalue weighted by atomic mass is 32.2. The lowest BCUT2D eigenvalue weighted by Crippen LogP contribution is -2.53. The number of hydrogen-bond donors (Lipinski definition) is 0. The third kappa shape index (κ3) is 3.35. The fourth-order valence-electron chi connectivity index (χ4n) is 9.82. The number of fused-ring (bicyclic) bond motifs is 4. The van der Waals surface area contributed by atoms with E-state index in [9.17, 15) is 8.42 Å². The minimum atomic E-state index is -3.59. The maximum atomic E-state index is 13.4. The van der Waals surface area contributed by atoms with Gasteiger partial charge >= 0.3 is 0 Å². The summed E-state index contributed by atoms with van der Waals surface area (Å²) >= 11 is 0. The van der Waals surface area contributed by atoms with Crippen LogP contribution in [0.5, 0.6) is 0 Å². The van der Waals surface area contributed by atoms with Crippen molar-refractivity contribution in [2.24, 2.45) is 34.5 Å². The molecule has 0 bridgehead atoms. The van der Waals surface area contributed by atoms with E-state index in [0.717, 1.165) is 49.0 Å². The Labute approximate surface area is 217 Å². The van der Waals surface area contributed by atoms with Gasteiger partial charge in [-0.1, -0.05) is 18.6 Å². The molecule has 36 heavy (non-hydrogen) atoms. The zero-order chi connectivity index (χ0) is 25.5. The monoisotopic (exact) mass is 507 g/mol. The van der Waals surface area contributed by atoms with Crippen molar-refractivity contribution in [3.8, 4) is 6.07 Å². The molecule has 3 saturated carbocycles. The lowest BCUT2D eigenvalue weighted by atomic mass is 9.47. The maximum Gasteiger partial charge on any atom is 0.243 e. The topological polar surface area (TPSA) is 64.4 Å². The molecule has 1 aromatic carbocycles. The number of rotatable bonds is 3. The van der Waals surface area contributed by atoms with Crippen LogP contribution in [-0.4, -0.2) is 50.3 Å². The minimum absolute atomic E-state index is 0.00311. The van der Waals surface area contributed by atoms with Crippen LogP contribution in [0.4, 0.5) is 0 Å². The van der Waals surface area contributed by atoms with Crippen molar-refractivity contribution in [2.45, 2.75) is 82.2 Å². The average Bonchev–Trinajstić information content (AvgIpc) is 3.36. The molecule has 1 heterocycles. The van der Waals surface area contributed by atoms with Gasteiger partial charge in [-0.25, -0.2) is 8.42 Å². The van der Waals surface area contributed by atoms with E-state index in [-0.39, 0.29) is 16.4 Å². The van der Waals surface area contributed by atoms with Crippen molar-refractivity contribution >= 4 is 10.0 Å². The Morgan fingerprint density at radius 3 is 2.50 bits per heavy atom. The largest absolute Gasteiger partial charge is 0.303 e. The number of hydrogen-bond acceptors (Lipinski definition) is 4. The van der Waals surface area contributed by atoms with E-state index in [1.807, 2.05) is 0 Å². The molecule has 0 aromatic heterocycles. The molecule has 8 atom stereocenters. The molecule has 8 unspecified atom stereocenters. The van der Waals surface area contributed by atoms with E-state index in [1.54, 1.807) is 35.6 Å². The summed E-state index contributed by atoms with van der Waals surface area (Å²) in [6.45, 7) is 6.26. The molecule has 5 aliphatic rings. The highest BCUT2D eigenvalue weighted by Gasteiger charge is 2.64. The third-order valence-corrected chi connectivity index (χ3v) is 13.8. The number of benzene rings is 1. The van der Waals surface area contributed by atoms with Crippen LogP contribution in [0.1, 0.15) is 70.8 Å². The van der Waals surface area contributed by atoms with E-state index in [1.165, 1.54) is 44.2 Å². The SMILES string of the molecule is CC1C2CCC3C4CC=C5CC(N(C)S(=O)(=O)c6ccc(C#N)cc6)CCC5(C)C4CCC32CN1C. The summed E-state index contributed by atoms with van der Waals surface area (Å²) in [5, 5.41) is 9.06. The predicted octanol–water partition coefficient (Wildman–Crippen LogP) is 5.44. The molecule has 4 aliphatic carbocycles. The van der Waals surface area contributed by atoms with Crippen LogP contribution in [0, 0.1) is 45.8 Å². The Bertz CT molecular complexity index is 1220. The van der Waals surface area contributed by atoms with Crippen LogP contribution in [0.15, 0.2) is 40.8 Å². The van der Waals surface area contributed by atoms with E-state index >= 15 is 0 Å². The van der Waals surface area contributed by atoms with Gasteiger partial charge in [0.05, 0.1) is 16.5 Å². The van der Waals surface area contributed by atoms with Gasteiger partial charge < -0.3 is 4.90 Å². The van der Waals surface area contributed by atoms with Crippen LogP contribution in [0.3, 0.4) is 0 Å². The van der Waals surface area contributed by atoms with Crippen molar-refractivity contribution in [3.05, 3.63) is 41.5 Å². The first kappa shape index (κ1) is 24.6. The molecular formula is C30H41N3O2S.